The maximum atomic E-state index is 12.4. The predicted molar refractivity (Wildman–Crippen MR) is 88.8 cm³/mol. The van der Waals surface area contributed by atoms with Crippen molar-refractivity contribution in [3.63, 3.8) is 0 Å². The van der Waals surface area contributed by atoms with Gasteiger partial charge in [-0.1, -0.05) is 25.7 Å². The molecule has 23 heavy (non-hydrogen) atoms. The molecule has 0 spiro atoms. The molecule has 1 aliphatic heterocycles. The normalized spacial score (nSPS) is 21.3. The summed E-state index contributed by atoms with van der Waals surface area (Å²) in [5.41, 5.74) is 1.16. The van der Waals surface area contributed by atoms with E-state index in [4.69, 9.17) is 0 Å². The number of rotatable bonds is 5. The fourth-order valence-electron chi connectivity index (χ4n) is 3.92. The number of amides is 2. The molecule has 2 amide bonds. The molecule has 126 valence electrons. The van der Waals surface area contributed by atoms with Crippen LogP contribution < -0.4 is 5.32 Å². The molecule has 0 bridgehead atoms. The number of hydrogen-bond donors (Lipinski definition) is 1. The van der Waals surface area contributed by atoms with E-state index in [-0.39, 0.29) is 24.4 Å². The highest BCUT2D eigenvalue weighted by Gasteiger charge is 2.27. The van der Waals surface area contributed by atoms with Crippen LogP contribution in [-0.4, -0.2) is 34.4 Å². The van der Waals surface area contributed by atoms with Crippen molar-refractivity contribution < 1.29 is 9.59 Å². The first-order valence-corrected chi connectivity index (χ1v) is 8.86. The third kappa shape index (κ3) is 3.77. The number of fused-ring (bicyclic) bond motifs is 1. The number of carbonyl (C=O) groups excluding carboxylic acids is 2. The predicted octanol–water partition coefficient (Wildman–Crippen LogP) is 2.48. The molecule has 1 unspecified atom stereocenters. The van der Waals surface area contributed by atoms with Crippen molar-refractivity contribution >= 4 is 11.8 Å². The molecule has 1 aromatic heterocycles. The first-order valence-electron chi connectivity index (χ1n) is 8.86. The Morgan fingerprint density at radius 1 is 1.26 bits per heavy atom. The standard InChI is InChI=1S/C18H27N3O2/c1-14-16-7-4-10-20(16)11-12-21(14)18(23)13-19-17(22)9-8-15-5-2-3-6-15/h4,7,10,14-15H,2-3,5-6,8-9,11-13H2,1H3,(H,19,22). The summed E-state index contributed by atoms with van der Waals surface area (Å²) < 4.78 is 2.19. The third-order valence-electron chi connectivity index (χ3n) is 5.35. The van der Waals surface area contributed by atoms with Crippen molar-refractivity contribution in [2.45, 2.75) is 58.0 Å². The van der Waals surface area contributed by atoms with Gasteiger partial charge in [0.1, 0.15) is 0 Å². The number of carbonyl (C=O) groups is 2. The lowest BCUT2D eigenvalue weighted by atomic mass is 10.0. The van der Waals surface area contributed by atoms with Crippen LogP contribution in [0.4, 0.5) is 0 Å². The molecule has 1 aliphatic carbocycles. The minimum Gasteiger partial charge on any atom is -0.348 e. The van der Waals surface area contributed by atoms with Gasteiger partial charge in [-0.2, -0.15) is 0 Å². The van der Waals surface area contributed by atoms with Crippen LogP contribution in [-0.2, 0) is 16.1 Å². The summed E-state index contributed by atoms with van der Waals surface area (Å²) in [4.78, 5) is 26.2. The monoisotopic (exact) mass is 317 g/mol. The van der Waals surface area contributed by atoms with Gasteiger partial charge >= 0.3 is 0 Å². The van der Waals surface area contributed by atoms with E-state index in [1.807, 2.05) is 17.9 Å². The molecule has 0 saturated heterocycles. The van der Waals surface area contributed by atoms with Gasteiger partial charge in [0.2, 0.25) is 11.8 Å². The van der Waals surface area contributed by atoms with Crippen molar-refractivity contribution in [3.8, 4) is 0 Å². The molecular weight excluding hydrogens is 290 g/mol. The number of nitrogens with one attached hydrogen (secondary N) is 1. The molecule has 0 aromatic carbocycles. The van der Waals surface area contributed by atoms with E-state index in [1.54, 1.807) is 0 Å². The molecule has 2 heterocycles. The molecule has 1 fully saturated rings. The average molecular weight is 317 g/mol. The highest BCUT2D eigenvalue weighted by Crippen LogP contribution is 2.28. The molecule has 0 radical (unpaired) electrons. The molecule has 1 saturated carbocycles. The summed E-state index contributed by atoms with van der Waals surface area (Å²) in [6, 6.07) is 4.15. The lowest BCUT2D eigenvalue weighted by molar-refractivity contribution is -0.135. The summed E-state index contributed by atoms with van der Waals surface area (Å²) in [7, 11) is 0. The molecule has 5 nitrogen and oxygen atoms in total. The van der Waals surface area contributed by atoms with Crippen LogP contribution in [0.5, 0.6) is 0 Å². The maximum absolute atomic E-state index is 12.4. The van der Waals surface area contributed by atoms with Crippen LogP contribution in [0.15, 0.2) is 18.3 Å². The second-order valence-electron chi connectivity index (χ2n) is 6.86. The average Bonchev–Trinajstić information content (AvgIpc) is 3.22. The van der Waals surface area contributed by atoms with Crippen LogP contribution in [0.1, 0.15) is 57.2 Å². The second-order valence-corrected chi connectivity index (χ2v) is 6.86. The van der Waals surface area contributed by atoms with Gasteiger partial charge in [-0.25, -0.2) is 0 Å². The summed E-state index contributed by atoms with van der Waals surface area (Å²) in [5, 5.41) is 2.81. The van der Waals surface area contributed by atoms with E-state index in [0.29, 0.717) is 18.9 Å². The first-order chi connectivity index (χ1) is 11.1. The van der Waals surface area contributed by atoms with Crippen molar-refractivity contribution in [1.29, 1.82) is 0 Å². The first kappa shape index (κ1) is 16.1. The molecule has 3 rings (SSSR count). The van der Waals surface area contributed by atoms with E-state index in [0.717, 1.165) is 18.7 Å². The lowest BCUT2D eigenvalue weighted by Gasteiger charge is -2.35. The Balaban J connectivity index is 1.43. The van der Waals surface area contributed by atoms with Gasteiger partial charge in [-0.3, -0.25) is 9.59 Å². The molecule has 5 heteroatoms. The van der Waals surface area contributed by atoms with Crippen molar-refractivity contribution in [1.82, 2.24) is 14.8 Å². The summed E-state index contributed by atoms with van der Waals surface area (Å²) >= 11 is 0. The zero-order valence-corrected chi connectivity index (χ0v) is 14.0. The zero-order valence-electron chi connectivity index (χ0n) is 14.0. The van der Waals surface area contributed by atoms with Crippen molar-refractivity contribution in [2.75, 3.05) is 13.1 Å². The number of nitrogens with zero attached hydrogens (tertiary/aromatic N) is 2. The van der Waals surface area contributed by atoms with Gasteiger partial charge in [0.15, 0.2) is 0 Å². The van der Waals surface area contributed by atoms with Crippen LogP contribution in [0.2, 0.25) is 0 Å². The Morgan fingerprint density at radius 2 is 2.04 bits per heavy atom. The van der Waals surface area contributed by atoms with Crippen LogP contribution in [0, 0.1) is 5.92 Å². The molecule has 1 N–H and O–H groups in total. The van der Waals surface area contributed by atoms with Gasteiger partial charge in [0.05, 0.1) is 12.6 Å². The fourth-order valence-corrected chi connectivity index (χ4v) is 3.92. The highest BCUT2D eigenvalue weighted by atomic mass is 16.2. The maximum Gasteiger partial charge on any atom is 0.242 e. The Kier molecular flexibility index (Phi) is 5.03. The Hall–Kier alpha value is -1.78. The molecular formula is C18H27N3O2. The topological polar surface area (TPSA) is 54.3 Å². The van der Waals surface area contributed by atoms with Gasteiger partial charge < -0.3 is 14.8 Å². The fraction of sp³-hybridized carbons (Fsp3) is 0.667. The molecule has 1 atom stereocenters. The van der Waals surface area contributed by atoms with Crippen LogP contribution in [0.25, 0.3) is 0 Å². The summed E-state index contributed by atoms with van der Waals surface area (Å²) in [6.45, 7) is 3.70. The third-order valence-corrected chi connectivity index (χ3v) is 5.35. The van der Waals surface area contributed by atoms with Crippen molar-refractivity contribution in [2.24, 2.45) is 5.92 Å². The van der Waals surface area contributed by atoms with Crippen molar-refractivity contribution in [3.05, 3.63) is 24.0 Å². The van der Waals surface area contributed by atoms with E-state index < -0.39 is 0 Å². The second kappa shape index (κ2) is 7.20. The van der Waals surface area contributed by atoms with Crippen LogP contribution >= 0.6 is 0 Å². The summed E-state index contributed by atoms with van der Waals surface area (Å²) in [6.07, 6.45) is 8.70. The van der Waals surface area contributed by atoms with Gasteiger partial charge in [0.25, 0.3) is 0 Å². The Morgan fingerprint density at radius 3 is 2.83 bits per heavy atom. The smallest absolute Gasteiger partial charge is 0.242 e. The SMILES string of the molecule is CC1c2cccn2CCN1C(=O)CNC(=O)CCC1CCCC1. The Labute approximate surface area is 138 Å². The minimum absolute atomic E-state index is 0.0123. The molecule has 2 aliphatic rings. The van der Waals surface area contributed by atoms with E-state index in [1.165, 1.54) is 25.7 Å². The largest absolute Gasteiger partial charge is 0.348 e. The van der Waals surface area contributed by atoms with E-state index in [9.17, 15) is 9.59 Å². The van der Waals surface area contributed by atoms with E-state index in [2.05, 4.69) is 22.1 Å². The van der Waals surface area contributed by atoms with Gasteiger partial charge in [0, 0.05) is 31.4 Å². The number of aromatic nitrogens is 1. The summed E-state index contributed by atoms with van der Waals surface area (Å²) in [5.74, 6) is 0.740. The Bertz CT molecular complexity index is 560. The van der Waals surface area contributed by atoms with Gasteiger partial charge in [-0.05, 0) is 31.4 Å². The van der Waals surface area contributed by atoms with Gasteiger partial charge in [-0.15, -0.1) is 0 Å². The quantitative estimate of drug-likeness (QED) is 0.907. The minimum atomic E-state index is 0.0123. The van der Waals surface area contributed by atoms with E-state index >= 15 is 0 Å². The lowest BCUT2D eigenvalue weighted by Crippen LogP contribution is -2.45. The number of hydrogen-bond acceptors (Lipinski definition) is 2. The zero-order chi connectivity index (χ0) is 16.2. The molecule has 1 aromatic rings. The highest BCUT2D eigenvalue weighted by molar-refractivity contribution is 5.85. The van der Waals surface area contributed by atoms with Crippen LogP contribution in [0.3, 0.4) is 0 Å².